The molecule has 0 saturated carbocycles. The van der Waals surface area contributed by atoms with Gasteiger partial charge in [0.1, 0.15) is 18.1 Å². The maximum atomic E-state index is 5.93. The second-order valence-electron chi connectivity index (χ2n) is 6.36. The highest BCUT2D eigenvalue weighted by atomic mass is 16.5. The van der Waals surface area contributed by atoms with Crippen molar-refractivity contribution in [3.05, 3.63) is 72.8 Å². The summed E-state index contributed by atoms with van der Waals surface area (Å²) in [6.07, 6.45) is 0. The Morgan fingerprint density at radius 3 is 1.63 bits per heavy atom. The van der Waals surface area contributed by atoms with Crippen LogP contribution in [-0.4, -0.2) is 27.4 Å². The third kappa shape index (κ3) is 3.22. The fraction of sp³-hybridized carbons (Fsp3) is 0.167. The molecule has 0 atom stereocenters. The Kier molecular flexibility index (Phi) is 4.95. The Bertz CT molecular complexity index is 1090. The van der Waals surface area contributed by atoms with Gasteiger partial charge in [-0.15, -0.1) is 0 Å². The molecule has 0 N–H and O–H groups in total. The Hall–Kier alpha value is -3.04. The Morgan fingerprint density at radius 1 is 0.556 bits per heavy atom. The molecule has 0 radical (unpaired) electrons. The molecule has 4 aromatic carbocycles. The lowest BCUT2D eigenvalue weighted by molar-refractivity contribution is 0.147. The Morgan fingerprint density at radius 2 is 1.07 bits per heavy atom. The summed E-state index contributed by atoms with van der Waals surface area (Å²) in [4.78, 5) is 0. The number of methoxy groups -OCH3 is 2. The van der Waals surface area contributed by atoms with Crippen LogP contribution in [0.2, 0.25) is 0 Å². The van der Waals surface area contributed by atoms with Gasteiger partial charge < -0.3 is 14.2 Å². The van der Waals surface area contributed by atoms with Crippen molar-refractivity contribution in [3.63, 3.8) is 0 Å². The van der Waals surface area contributed by atoms with Crippen LogP contribution in [0.5, 0.6) is 11.5 Å². The third-order valence-corrected chi connectivity index (χ3v) is 4.82. The Labute approximate surface area is 159 Å². The molecule has 0 bridgehead atoms. The first-order valence-corrected chi connectivity index (χ1v) is 9.03. The van der Waals surface area contributed by atoms with E-state index >= 15 is 0 Å². The predicted octanol–water partition coefficient (Wildman–Crippen LogP) is 5.69. The lowest BCUT2D eigenvalue weighted by Crippen LogP contribution is -2.04. The van der Waals surface area contributed by atoms with Crippen molar-refractivity contribution in [3.8, 4) is 22.6 Å². The molecule has 27 heavy (non-hydrogen) atoms. The number of benzene rings is 4. The number of hydrogen-bond donors (Lipinski definition) is 0. The van der Waals surface area contributed by atoms with Crippen molar-refractivity contribution < 1.29 is 14.2 Å². The topological polar surface area (TPSA) is 27.7 Å². The SMILES string of the molecule is COCCOc1ccc(-c2ccc(OC)c3ccccc23)c2ccccc12. The number of rotatable bonds is 6. The molecule has 0 aliphatic carbocycles. The van der Waals surface area contributed by atoms with Gasteiger partial charge in [-0.1, -0.05) is 60.7 Å². The maximum absolute atomic E-state index is 5.93. The quantitative estimate of drug-likeness (QED) is 0.414. The van der Waals surface area contributed by atoms with Crippen LogP contribution in [0.1, 0.15) is 0 Å². The molecule has 3 nitrogen and oxygen atoms in total. The highest BCUT2D eigenvalue weighted by molar-refractivity contribution is 6.08. The molecule has 0 unspecified atom stereocenters. The first kappa shape index (κ1) is 17.4. The normalized spacial score (nSPS) is 11.0. The van der Waals surface area contributed by atoms with Crippen LogP contribution >= 0.6 is 0 Å². The van der Waals surface area contributed by atoms with Crippen LogP contribution in [-0.2, 0) is 4.74 Å². The molecule has 0 amide bonds. The van der Waals surface area contributed by atoms with Crippen LogP contribution in [0.4, 0.5) is 0 Å². The molecule has 0 aliphatic heterocycles. The molecule has 0 aromatic heterocycles. The van der Waals surface area contributed by atoms with Crippen LogP contribution in [0.25, 0.3) is 32.7 Å². The van der Waals surface area contributed by atoms with Gasteiger partial charge in [0.05, 0.1) is 13.7 Å². The second-order valence-corrected chi connectivity index (χ2v) is 6.36. The molecule has 3 heteroatoms. The zero-order valence-corrected chi connectivity index (χ0v) is 15.6. The van der Waals surface area contributed by atoms with Crippen molar-refractivity contribution in [1.29, 1.82) is 0 Å². The third-order valence-electron chi connectivity index (χ3n) is 4.82. The van der Waals surface area contributed by atoms with E-state index in [2.05, 4.69) is 48.5 Å². The largest absolute Gasteiger partial charge is 0.496 e. The molecule has 0 fully saturated rings. The van der Waals surface area contributed by atoms with E-state index in [0.29, 0.717) is 13.2 Å². The number of fused-ring (bicyclic) bond motifs is 2. The van der Waals surface area contributed by atoms with Crippen LogP contribution in [0.15, 0.2) is 72.8 Å². The van der Waals surface area contributed by atoms with Crippen LogP contribution < -0.4 is 9.47 Å². The lowest BCUT2D eigenvalue weighted by atomic mass is 9.93. The summed E-state index contributed by atoms with van der Waals surface area (Å²) in [6, 6.07) is 25.1. The minimum Gasteiger partial charge on any atom is -0.496 e. The molecule has 4 rings (SSSR count). The van der Waals surface area contributed by atoms with Gasteiger partial charge in [-0.3, -0.25) is 0 Å². The van der Waals surface area contributed by atoms with Gasteiger partial charge in [0.15, 0.2) is 0 Å². The average molecular weight is 358 g/mol. The maximum Gasteiger partial charge on any atom is 0.127 e. The average Bonchev–Trinajstić information content (AvgIpc) is 2.73. The fourth-order valence-electron chi connectivity index (χ4n) is 3.55. The molecule has 136 valence electrons. The van der Waals surface area contributed by atoms with Crippen molar-refractivity contribution >= 4 is 21.5 Å². The van der Waals surface area contributed by atoms with E-state index in [4.69, 9.17) is 14.2 Å². The van der Waals surface area contributed by atoms with Gasteiger partial charge in [-0.2, -0.15) is 0 Å². The number of hydrogen-bond acceptors (Lipinski definition) is 3. The van der Waals surface area contributed by atoms with E-state index in [9.17, 15) is 0 Å². The smallest absolute Gasteiger partial charge is 0.127 e. The zero-order valence-electron chi connectivity index (χ0n) is 15.6. The monoisotopic (exact) mass is 358 g/mol. The van der Waals surface area contributed by atoms with Crippen molar-refractivity contribution in [2.24, 2.45) is 0 Å². The minimum atomic E-state index is 0.533. The van der Waals surface area contributed by atoms with Gasteiger partial charge in [0.2, 0.25) is 0 Å². The molecular weight excluding hydrogens is 336 g/mol. The van der Waals surface area contributed by atoms with E-state index < -0.39 is 0 Å². The van der Waals surface area contributed by atoms with E-state index in [0.717, 1.165) is 22.3 Å². The second kappa shape index (κ2) is 7.68. The summed E-state index contributed by atoms with van der Waals surface area (Å²) in [6.45, 7) is 1.10. The zero-order chi connectivity index (χ0) is 18.6. The molecule has 4 aromatic rings. The van der Waals surface area contributed by atoms with E-state index in [1.165, 1.54) is 21.9 Å². The summed E-state index contributed by atoms with van der Waals surface area (Å²) in [5.41, 5.74) is 2.37. The van der Waals surface area contributed by atoms with E-state index in [1.54, 1.807) is 14.2 Å². The summed E-state index contributed by atoms with van der Waals surface area (Å²) in [5.74, 6) is 1.77. The first-order chi connectivity index (χ1) is 13.3. The summed E-state index contributed by atoms with van der Waals surface area (Å²) in [7, 11) is 3.39. The molecule has 0 aliphatic rings. The highest BCUT2D eigenvalue weighted by Gasteiger charge is 2.12. The van der Waals surface area contributed by atoms with Gasteiger partial charge in [0, 0.05) is 17.9 Å². The van der Waals surface area contributed by atoms with Crippen LogP contribution in [0.3, 0.4) is 0 Å². The first-order valence-electron chi connectivity index (χ1n) is 9.03. The molecule has 0 saturated heterocycles. The molecule has 0 heterocycles. The standard InChI is InChI=1S/C24H22O3/c1-25-15-16-27-24-14-12-20(18-8-4-6-10-22(18)24)19-11-13-23(26-2)21-9-5-3-7-17(19)21/h3-14H,15-16H2,1-2H3. The van der Waals surface area contributed by atoms with Gasteiger partial charge in [-0.05, 0) is 34.0 Å². The van der Waals surface area contributed by atoms with E-state index in [1.807, 2.05) is 24.3 Å². The Balaban J connectivity index is 1.91. The summed E-state index contributed by atoms with van der Waals surface area (Å²) in [5, 5.41) is 4.56. The van der Waals surface area contributed by atoms with Crippen LogP contribution in [0, 0.1) is 0 Å². The van der Waals surface area contributed by atoms with Crippen molar-refractivity contribution in [2.45, 2.75) is 0 Å². The van der Waals surface area contributed by atoms with Crippen molar-refractivity contribution in [2.75, 3.05) is 27.4 Å². The van der Waals surface area contributed by atoms with E-state index in [-0.39, 0.29) is 0 Å². The van der Waals surface area contributed by atoms with Gasteiger partial charge in [0.25, 0.3) is 0 Å². The summed E-state index contributed by atoms with van der Waals surface area (Å²) >= 11 is 0. The lowest BCUT2D eigenvalue weighted by Gasteiger charge is -2.15. The molecular formula is C24H22O3. The fourth-order valence-corrected chi connectivity index (χ4v) is 3.55. The highest BCUT2D eigenvalue weighted by Crippen LogP contribution is 2.39. The van der Waals surface area contributed by atoms with Gasteiger partial charge >= 0.3 is 0 Å². The molecule has 0 spiro atoms. The predicted molar refractivity (Wildman–Crippen MR) is 111 cm³/mol. The summed E-state index contributed by atoms with van der Waals surface area (Å²) < 4.78 is 16.6. The number of ether oxygens (including phenoxy) is 3. The van der Waals surface area contributed by atoms with Gasteiger partial charge in [-0.25, -0.2) is 0 Å². The minimum absolute atomic E-state index is 0.533. The van der Waals surface area contributed by atoms with Crippen molar-refractivity contribution in [1.82, 2.24) is 0 Å².